The Morgan fingerprint density at radius 2 is 1.80 bits per heavy atom. The second kappa shape index (κ2) is 7.43. The van der Waals surface area contributed by atoms with E-state index in [1.54, 1.807) is 32.0 Å². The Labute approximate surface area is 151 Å². The van der Waals surface area contributed by atoms with Crippen molar-refractivity contribution in [1.29, 1.82) is 0 Å². The molecule has 2 aromatic rings. The highest BCUT2D eigenvalue weighted by molar-refractivity contribution is 7.92. The third kappa shape index (κ3) is 5.19. The Morgan fingerprint density at radius 1 is 1.16 bits per heavy atom. The predicted octanol–water partition coefficient (Wildman–Crippen LogP) is 2.64. The van der Waals surface area contributed by atoms with Gasteiger partial charge >= 0.3 is 0 Å². The van der Waals surface area contributed by atoms with Crippen molar-refractivity contribution in [2.75, 3.05) is 11.3 Å². The molecule has 0 saturated carbocycles. The second-order valence-electron chi connectivity index (χ2n) is 6.14. The number of carbonyl (C=O) groups is 1. The molecular weight excluding hydrogens is 364 g/mol. The van der Waals surface area contributed by atoms with Crippen LogP contribution in [-0.4, -0.2) is 31.6 Å². The first kappa shape index (κ1) is 19.2. The lowest BCUT2D eigenvalue weighted by Crippen LogP contribution is -2.46. The summed E-state index contributed by atoms with van der Waals surface area (Å²) >= 11 is 6.01. The Bertz CT molecular complexity index is 867. The lowest BCUT2D eigenvalue weighted by molar-refractivity contribution is 0.0869. The quantitative estimate of drug-likeness (QED) is 0.715. The van der Waals surface area contributed by atoms with Gasteiger partial charge in [-0.25, -0.2) is 8.42 Å². The Morgan fingerprint density at radius 3 is 2.40 bits per heavy atom. The fourth-order valence-corrected chi connectivity index (χ4v) is 3.31. The van der Waals surface area contributed by atoms with Crippen molar-refractivity contribution >= 4 is 33.2 Å². The summed E-state index contributed by atoms with van der Waals surface area (Å²) in [5.74, 6) is -0.471. The number of hydrogen-bond acceptors (Lipinski definition) is 4. The number of nitrogens with one attached hydrogen (secondary N) is 2. The van der Waals surface area contributed by atoms with Crippen molar-refractivity contribution in [1.82, 2.24) is 5.32 Å². The maximum absolute atomic E-state index is 12.4. The molecule has 134 valence electrons. The molecule has 3 N–H and O–H groups in total. The average Bonchev–Trinajstić information content (AvgIpc) is 2.54. The van der Waals surface area contributed by atoms with E-state index in [2.05, 4.69) is 10.0 Å². The van der Waals surface area contributed by atoms with E-state index in [0.29, 0.717) is 0 Å². The van der Waals surface area contributed by atoms with Crippen LogP contribution in [0, 0.1) is 0 Å². The highest BCUT2D eigenvalue weighted by Gasteiger charge is 2.21. The molecule has 2 rings (SSSR count). The topological polar surface area (TPSA) is 95.5 Å². The van der Waals surface area contributed by atoms with Gasteiger partial charge in [0.1, 0.15) is 0 Å². The number of carbonyl (C=O) groups excluding carboxylic acids is 1. The minimum Gasteiger partial charge on any atom is -0.394 e. The van der Waals surface area contributed by atoms with E-state index >= 15 is 0 Å². The van der Waals surface area contributed by atoms with Crippen LogP contribution in [0.5, 0.6) is 0 Å². The minimum atomic E-state index is -3.79. The summed E-state index contributed by atoms with van der Waals surface area (Å²) in [4.78, 5) is 12.4. The highest BCUT2D eigenvalue weighted by Crippen LogP contribution is 2.22. The Balaban J connectivity index is 2.29. The molecule has 0 spiro atoms. The van der Waals surface area contributed by atoms with Crippen LogP contribution in [0.1, 0.15) is 24.2 Å². The van der Waals surface area contributed by atoms with E-state index < -0.39 is 21.5 Å². The molecular formula is C17H19ClN2O4S. The molecule has 25 heavy (non-hydrogen) atoms. The molecule has 8 heteroatoms. The maximum Gasteiger partial charge on any atom is 0.261 e. The molecule has 0 aliphatic rings. The molecule has 0 saturated heterocycles. The lowest BCUT2D eigenvalue weighted by atomic mass is 10.1. The average molecular weight is 383 g/mol. The molecule has 0 aromatic heterocycles. The first-order chi connectivity index (χ1) is 11.6. The van der Waals surface area contributed by atoms with Gasteiger partial charge in [0.15, 0.2) is 0 Å². The predicted molar refractivity (Wildman–Crippen MR) is 97.3 cm³/mol. The summed E-state index contributed by atoms with van der Waals surface area (Å²) < 4.78 is 27.2. The van der Waals surface area contributed by atoms with Gasteiger partial charge in [-0.15, -0.1) is 0 Å². The van der Waals surface area contributed by atoms with Crippen LogP contribution in [0.3, 0.4) is 0 Å². The zero-order chi connectivity index (χ0) is 18.7. The molecule has 0 aliphatic heterocycles. The molecule has 0 unspecified atom stereocenters. The van der Waals surface area contributed by atoms with Gasteiger partial charge in [0.25, 0.3) is 15.9 Å². The smallest absolute Gasteiger partial charge is 0.261 e. The zero-order valence-electron chi connectivity index (χ0n) is 13.8. The summed E-state index contributed by atoms with van der Waals surface area (Å²) in [7, 11) is -3.79. The third-order valence-electron chi connectivity index (χ3n) is 3.31. The van der Waals surface area contributed by atoms with Crippen molar-refractivity contribution in [2.24, 2.45) is 0 Å². The Hall–Kier alpha value is -2.09. The van der Waals surface area contributed by atoms with Crippen molar-refractivity contribution < 1.29 is 18.3 Å². The van der Waals surface area contributed by atoms with Crippen LogP contribution < -0.4 is 10.0 Å². The first-order valence-corrected chi connectivity index (χ1v) is 9.31. The molecule has 1 amide bonds. The fourth-order valence-electron chi connectivity index (χ4n) is 2.01. The summed E-state index contributed by atoms with van der Waals surface area (Å²) in [5.41, 5.74) is -0.466. The van der Waals surface area contributed by atoms with Crippen molar-refractivity contribution in [2.45, 2.75) is 24.3 Å². The molecule has 0 bridgehead atoms. The van der Waals surface area contributed by atoms with Gasteiger partial charge < -0.3 is 10.4 Å². The highest BCUT2D eigenvalue weighted by atomic mass is 35.5. The van der Waals surface area contributed by atoms with E-state index in [4.69, 9.17) is 11.6 Å². The van der Waals surface area contributed by atoms with E-state index in [-0.39, 0.29) is 27.8 Å². The molecule has 0 fully saturated rings. The van der Waals surface area contributed by atoms with Crippen LogP contribution in [0.2, 0.25) is 5.02 Å². The number of aliphatic hydroxyl groups excluding tert-OH is 1. The van der Waals surface area contributed by atoms with Crippen LogP contribution in [-0.2, 0) is 10.0 Å². The minimum absolute atomic E-state index is 0.0994. The molecule has 0 heterocycles. The number of halogens is 1. The SMILES string of the molecule is CC(C)(CO)NC(=O)c1cc(Cl)cc(NS(=O)(=O)c2ccccc2)c1. The van der Waals surface area contributed by atoms with Gasteiger partial charge in [0.2, 0.25) is 0 Å². The molecule has 2 aromatic carbocycles. The molecule has 0 aliphatic carbocycles. The van der Waals surface area contributed by atoms with Crippen LogP contribution in [0.15, 0.2) is 53.4 Å². The molecule has 0 atom stereocenters. The summed E-state index contributed by atoms with van der Waals surface area (Å²) in [5, 5.41) is 12.1. The lowest BCUT2D eigenvalue weighted by Gasteiger charge is -2.23. The monoisotopic (exact) mass is 382 g/mol. The number of hydrogen-bond donors (Lipinski definition) is 3. The van der Waals surface area contributed by atoms with Crippen molar-refractivity contribution in [3.8, 4) is 0 Å². The van der Waals surface area contributed by atoms with Crippen LogP contribution in [0.25, 0.3) is 0 Å². The van der Waals surface area contributed by atoms with Gasteiger partial charge in [-0.3, -0.25) is 9.52 Å². The van der Waals surface area contributed by atoms with Gasteiger partial charge in [-0.05, 0) is 44.2 Å². The number of anilines is 1. The fraction of sp³-hybridized carbons (Fsp3) is 0.235. The van der Waals surface area contributed by atoms with E-state index in [1.165, 1.54) is 30.3 Å². The Kier molecular flexibility index (Phi) is 5.72. The van der Waals surface area contributed by atoms with Gasteiger partial charge in [-0.1, -0.05) is 29.8 Å². The first-order valence-electron chi connectivity index (χ1n) is 7.45. The second-order valence-corrected chi connectivity index (χ2v) is 8.26. The van der Waals surface area contributed by atoms with Gasteiger partial charge in [0.05, 0.1) is 22.7 Å². The van der Waals surface area contributed by atoms with Crippen molar-refractivity contribution in [3.05, 3.63) is 59.1 Å². The number of amides is 1. The molecule has 6 nitrogen and oxygen atoms in total. The van der Waals surface area contributed by atoms with E-state index in [1.807, 2.05) is 0 Å². The van der Waals surface area contributed by atoms with Crippen LogP contribution >= 0.6 is 11.6 Å². The van der Waals surface area contributed by atoms with Crippen LogP contribution in [0.4, 0.5) is 5.69 Å². The summed E-state index contributed by atoms with van der Waals surface area (Å²) in [6, 6.07) is 12.1. The summed E-state index contributed by atoms with van der Waals surface area (Å²) in [6.07, 6.45) is 0. The molecule has 0 radical (unpaired) electrons. The third-order valence-corrected chi connectivity index (χ3v) is 4.93. The number of rotatable bonds is 6. The van der Waals surface area contributed by atoms with E-state index in [9.17, 15) is 18.3 Å². The maximum atomic E-state index is 12.4. The number of sulfonamides is 1. The summed E-state index contributed by atoms with van der Waals surface area (Å²) in [6.45, 7) is 3.08. The zero-order valence-corrected chi connectivity index (χ0v) is 15.4. The van der Waals surface area contributed by atoms with Crippen molar-refractivity contribution in [3.63, 3.8) is 0 Å². The number of benzene rings is 2. The largest absolute Gasteiger partial charge is 0.394 e. The van der Waals surface area contributed by atoms with Gasteiger partial charge in [-0.2, -0.15) is 0 Å². The van der Waals surface area contributed by atoms with Gasteiger partial charge in [0, 0.05) is 10.6 Å². The van der Waals surface area contributed by atoms with E-state index in [0.717, 1.165) is 0 Å². The normalized spacial score (nSPS) is 11.8. The standard InChI is InChI=1S/C17H19ClN2O4S/c1-17(2,11-21)19-16(22)12-8-13(18)10-14(9-12)20-25(23,24)15-6-4-3-5-7-15/h3-10,20-21H,11H2,1-2H3,(H,19,22). The number of aliphatic hydroxyl groups is 1.